The number of benzene rings is 1. The smallest absolute Gasteiger partial charge is 0.248 e. The van der Waals surface area contributed by atoms with Crippen molar-refractivity contribution in [2.75, 3.05) is 12.1 Å². The van der Waals surface area contributed by atoms with Gasteiger partial charge in [0.15, 0.2) is 17.1 Å². The molecule has 1 aliphatic heterocycles. The van der Waals surface area contributed by atoms with Gasteiger partial charge in [-0.25, -0.2) is 9.67 Å². The fourth-order valence-corrected chi connectivity index (χ4v) is 3.10. The highest BCUT2D eigenvalue weighted by Gasteiger charge is 2.17. The van der Waals surface area contributed by atoms with Gasteiger partial charge >= 0.3 is 0 Å². The molecule has 0 aliphatic carbocycles. The van der Waals surface area contributed by atoms with Crippen molar-refractivity contribution in [2.45, 2.75) is 19.9 Å². The SMILES string of the molecule is CC(C)n1ncc2cc(NC(=O)C=Cc3cc(Cl)c4c(c3)OCO4)cnc21. The summed E-state index contributed by atoms with van der Waals surface area (Å²) in [4.78, 5) is 16.6. The first kappa shape index (κ1) is 17.4. The molecule has 3 aromatic rings. The summed E-state index contributed by atoms with van der Waals surface area (Å²) in [6.45, 7) is 4.22. The van der Waals surface area contributed by atoms with E-state index in [9.17, 15) is 4.79 Å². The molecule has 0 fully saturated rings. The molecule has 1 amide bonds. The fraction of sp³-hybridized carbons (Fsp3) is 0.211. The summed E-state index contributed by atoms with van der Waals surface area (Å²) in [5.74, 6) is 0.820. The highest BCUT2D eigenvalue weighted by Crippen LogP contribution is 2.40. The van der Waals surface area contributed by atoms with Crippen LogP contribution in [0.15, 0.2) is 36.7 Å². The topological polar surface area (TPSA) is 78.3 Å². The second kappa shape index (κ2) is 6.92. The van der Waals surface area contributed by atoms with Gasteiger partial charge in [-0.2, -0.15) is 5.10 Å². The molecule has 7 nitrogen and oxygen atoms in total. The monoisotopic (exact) mass is 384 g/mol. The lowest BCUT2D eigenvalue weighted by Crippen LogP contribution is -2.08. The van der Waals surface area contributed by atoms with Gasteiger partial charge in [-0.3, -0.25) is 4.79 Å². The minimum atomic E-state index is -0.277. The Balaban J connectivity index is 1.49. The molecule has 27 heavy (non-hydrogen) atoms. The molecule has 138 valence electrons. The molecular formula is C19H17ClN4O3. The lowest BCUT2D eigenvalue weighted by atomic mass is 10.2. The van der Waals surface area contributed by atoms with E-state index in [0.717, 1.165) is 16.6 Å². The number of pyridine rings is 1. The predicted molar refractivity (Wildman–Crippen MR) is 103 cm³/mol. The zero-order chi connectivity index (χ0) is 19.0. The molecule has 0 spiro atoms. The van der Waals surface area contributed by atoms with Crippen molar-refractivity contribution in [1.82, 2.24) is 14.8 Å². The summed E-state index contributed by atoms with van der Waals surface area (Å²) in [7, 11) is 0. The van der Waals surface area contributed by atoms with Crippen LogP contribution in [-0.4, -0.2) is 27.5 Å². The van der Waals surface area contributed by atoms with E-state index >= 15 is 0 Å². The second-order valence-corrected chi connectivity index (χ2v) is 6.79. The van der Waals surface area contributed by atoms with Gasteiger partial charge < -0.3 is 14.8 Å². The third-order valence-electron chi connectivity index (χ3n) is 4.07. The number of amides is 1. The Labute approximate surface area is 160 Å². The first-order chi connectivity index (χ1) is 13.0. The van der Waals surface area contributed by atoms with Gasteiger partial charge in [-0.05, 0) is 43.7 Å². The molecule has 1 aliphatic rings. The average molecular weight is 385 g/mol. The fourth-order valence-electron chi connectivity index (χ4n) is 2.83. The molecule has 2 aromatic heterocycles. The number of halogens is 1. The Morgan fingerprint density at radius 2 is 2.15 bits per heavy atom. The maximum absolute atomic E-state index is 12.2. The number of ether oxygens (including phenoxy) is 2. The van der Waals surface area contributed by atoms with Crippen LogP contribution in [0.4, 0.5) is 5.69 Å². The number of nitrogens with zero attached hydrogens (tertiary/aromatic N) is 3. The van der Waals surface area contributed by atoms with Crippen molar-refractivity contribution >= 4 is 40.3 Å². The van der Waals surface area contributed by atoms with Crippen molar-refractivity contribution in [3.63, 3.8) is 0 Å². The van der Waals surface area contributed by atoms with Crippen LogP contribution in [0, 0.1) is 0 Å². The lowest BCUT2D eigenvalue weighted by Gasteiger charge is -2.07. The second-order valence-electron chi connectivity index (χ2n) is 6.38. The molecule has 4 rings (SSSR count). The summed E-state index contributed by atoms with van der Waals surface area (Å²) in [5.41, 5.74) is 2.13. The van der Waals surface area contributed by atoms with Gasteiger partial charge in [0, 0.05) is 17.5 Å². The van der Waals surface area contributed by atoms with Crippen molar-refractivity contribution < 1.29 is 14.3 Å². The normalized spacial score (nSPS) is 13.0. The number of hydrogen-bond donors (Lipinski definition) is 1. The van der Waals surface area contributed by atoms with Crippen molar-refractivity contribution in [3.8, 4) is 11.5 Å². The molecule has 1 aromatic carbocycles. The Bertz CT molecular complexity index is 1060. The number of rotatable bonds is 4. The first-order valence-electron chi connectivity index (χ1n) is 8.43. The molecule has 0 saturated heterocycles. The van der Waals surface area contributed by atoms with Gasteiger partial charge in [0.25, 0.3) is 0 Å². The van der Waals surface area contributed by atoms with E-state index < -0.39 is 0 Å². The zero-order valence-corrected chi connectivity index (χ0v) is 15.5. The third-order valence-corrected chi connectivity index (χ3v) is 4.35. The maximum atomic E-state index is 12.2. The number of anilines is 1. The quantitative estimate of drug-likeness (QED) is 0.686. The summed E-state index contributed by atoms with van der Waals surface area (Å²) >= 11 is 6.14. The van der Waals surface area contributed by atoms with Crippen LogP contribution < -0.4 is 14.8 Å². The molecular weight excluding hydrogens is 368 g/mol. The van der Waals surface area contributed by atoms with Crippen molar-refractivity contribution in [2.24, 2.45) is 0 Å². The van der Waals surface area contributed by atoms with Crippen LogP contribution in [-0.2, 0) is 4.79 Å². The molecule has 0 saturated carbocycles. The first-order valence-corrected chi connectivity index (χ1v) is 8.80. The van der Waals surface area contributed by atoms with Gasteiger partial charge in [-0.15, -0.1) is 0 Å². The maximum Gasteiger partial charge on any atom is 0.248 e. The van der Waals surface area contributed by atoms with Gasteiger partial charge in [0.05, 0.1) is 23.1 Å². The van der Waals surface area contributed by atoms with Gasteiger partial charge in [0.1, 0.15) is 0 Å². The molecule has 1 N–H and O–H groups in total. The number of nitrogens with one attached hydrogen (secondary N) is 1. The van der Waals surface area contributed by atoms with E-state index in [4.69, 9.17) is 21.1 Å². The van der Waals surface area contributed by atoms with Gasteiger partial charge in [-0.1, -0.05) is 11.6 Å². The number of fused-ring (bicyclic) bond motifs is 2. The average Bonchev–Trinajstić information content (AvgIpc) is 3.26. The van der Waals surface area contributed by atoms with E-state index in [0.29, 0.717) is 22.2 Å². The summed E-state index contributed by atoms with van der Waals surface area (Å²) in [6, 6.07) is 5.54. The van der Waals surface area contributed by atoms with Crippen LogP contribution in [0.1, 0.15) is 25.5 Å². The molecule has 0 radical (unpaired) electrons. The van der Waals surface area contributed by atoms with Crippen LogP contribution in [0.25, 0.3) is 17.1 Å². The largest absolute Gasteiger partial charge is 0.454 e. The number of carbonyl (C=O) groups excluding carboxylic acids is 1. The third kappa shape index (κ3) is 3.46. The molecule has 0 unspecified atom stereocenters. The molecule has 0 bridgehead atoms. The molecule has 0 atom stereocenters. The minimum Gasteiger partial charge on any atom is -0.454 e. The van der Waals surface area contributed by atoms with Crippen LogP contribution in [0.2, 0.25) is 5.02 Å². The van der Waals surface area contributed by atoms with Gasteiger partial charge in [0.2, 0.25) is 12.7 Å². The number of aromatic nitrogens is 3. The lowest BCUT2D eigenvalue weighted by molar-refractivity contribution is -0.111. The van der Waals surface area contributed by atoms with Crippen LogP contribution in [0.5, 0.6) is 11.5 Å². The summed E-state index contributed by atoms with van der Waals surface area (Å²) in [5, 5.41) is 8.43. The molecule has 3 heterocycles. The highest BCUT2D eigenvalue weighted by molar-refractivity contribution is 6.32. The standard InChI is InChI=1S/C19H17ClN4O3/c1-11(2)24-19-13(8-22-24)7-14(9-21-19)23-17(25)4-3-12-5-15(20)18-16(6-12)26-10-27-18/h3-9,11H,10H2,1-2H3,(H,23,25). The van der Waals surface area contributed by atoms with E-state index in [1.165, 1.54) is 6.08 Å². The summed E-state index contributed by atoms with van der Waals surface area (Å²) < 4.78 is 12.4. The van der Waals surface area contributed by atoms with Crippen LogP contribution in [0.3, 0.4) is 0 Å². The van der Waals surface area contributed by atoms with Crippen LogP contribution >= 0.6 is 11.6 Å². The Hall–Kier alpha value is -3.06. The zero-order valence-electron chi connectivity index (χ0n) is 14.8. The van der Waals surface area contributed by atoms with E-state index in [2.05, 4.69) is 15.4 Å². The van der Waals surface area contributed by atoms with E-state index in [-0.39, 0.29) is 18.7 Å². The minimum absolute atomic E-state index is 0.144. The summed E-state index contributed by atoms with van der Waals surface area (Å²) in [6.07, 6.45) is 6.44. The highest BCUT2D eigenvalue weighted by atomic mass is 35.5. The Morgan fingerprint density at radius 1 is 1.30 bits per heavy atom. The van der Waals surface area contributed by atoms with E-state index in [1.807, 2.05) is 24.6 Å². The van der Waals surface area contributed by atoms with E-state index in [1.54, 1.807) is 30.6 Å². The Morgan fingerprint density at radius 3 is 2.96 bits per heavy atom. The molecule has 8 heteroatoms. The predicted octanol–water partition coefficient (Wildman–Crippen LogP) is 4.05. The van der Waals surface area contributed by atoms with Crippen molar-refractivity contribution in [3.05, 3.63) is 47.3 Å². The number of hydrogen-bond acceptors (Lipinski definition) is 5. The Kier molecular flexibility index (Phi) is 4.45. The van der Waals surface area contributed by atoms with Crippen molar-refractivity contribution in [1.29, 1.82) is 0 Å². The number of carbonyl (C=O) groups is 1.